The van der Waals surface area contributed by atoms with Gasteiger partial charge < -0.3 is 15.0 Å². The van der Waals surface area contributed by atoms with Gasteiger partial charge in [-0.05, 0) is 87.6 Å². The van der Waals surface area contributed by atoms with Crippen LogP contribution in [0.4, 0.5) is 0 Å². The van der Waals surface area contributed by atoms with E-state index in [4.69, 9.17) is 16.6 Å². The van der Waals surface area contributed by atoms with Crippen molar-refractivity contribution in [1.29, 1.82) is 0 Å². The van der Waals surface area contributed by atoms with Gasteiger partial charge >= 0.3 is 0 Å². The number of thiophene rings is 1. The van der Waals surface area contributed by atoms with Gasteiger partial charge in [0.1, 0.15) is 11.6 Å². The topological polar surface area (TPSA) is 84.2 Å². The van der Waals surface area contributed by atoms with E-state index in [1.807, 2.05) is 51.1 Å². The molecule has 5 rings (SSSR count). The van der Waals surface area contributed by atoms with Crippen molar-refractivity contribution >= 4 is 45.7 Å². The summed E-state index contributed by atoms with van der Waals surface area (Å²) in [5.74, 6) is 0.776. The fraction of sp³-hybridized carbons (Fsp3) is 0.345. The number of ketones is 1. The molecule has 0 unspecified atom stereocenters. The first kappa shape index (κ1) is 25.5. The molecule has 192 valence electrons. The van der Waals surface area contributed by atoms with Crippen LogP contribution in [0.1, 0.15) is 75.5 Å². The average Bonchev–Trinajstić information content (AvgIpc) is 3.49. The largest absolute Gasteiger partial charge is 0.507 e. The number of nitrogens with zero attached hydrogens (tertiary/aromatic N) is 2. The highest BCUT2D eigenvalue weighted by Gasteiger charge is 2.29. The molecule has 2 aromatic carbocycles. The molecule has 2 atom stereocenters. The molecule has 8 heteroatoms. The summed E-state index contributed by atoms with van der Waals surface area (Å²) in [5, 5.41) is 14.7. The van der Waals surface area contributed by atoms with Crippen LogP contribution < -0.4 is 5.32 Å². The Hall–Kier alpha value is -3.16. The molecule has 37 heavy (non-hydrogen) atoms. The molecule has 4 aromatic rings. The molecule has 2 heterocycles. The highest BCUT2D eigenvalue weighted by Crippen LogP contribution is 2.41. The van der Waals surface area contributed by atoms with Crippen molar-refractivity contribution in [2.24, 2.45) is 0 Å². The number of imidazole rings is 1. The maximum atomic E-state index is 12.9. The van der Waals surface area contributed by atoms with Gasteiger partial charge in [-0.25, -0.2) is 4.98 Å². The Morgan fingerprint density at radius 2 is 1.97 bits per heavy atom. The van der Waals surface area contributed by atoms with Gasteiger partial charge in [0.2, 0.25) is 0 Å². The van der Waals surface area contributed by atoms with Crippen LogP contribution in [0.15, 0.2) is 42.5 Å². The van der Waals surface area contributed by atoms with Crippen molar-refractivity contribution in [1.82, 2.24) is 14.9 Å². The van der Waals surface area contributed by atoms with E-state index in [1.54, 1.807) is 12.1 Å². The summed E-state index contributed by atoms with van der Waals surface area (Å²) in [7, 11) is 0. The first-order valence-electron chi connectivity index (χ1n) is 12.7. The standard InChI is InChI=1S/C29H30ClN3O3S/c1-4-25(34)18-9-10-24-23(13-18)32-28(22-14-19(30)12-16(2)27(22)35)33(24)21-7-5-6-20(15-21)31-29(36)26-11-8-17(3)37-26/h8-14,20-21,35H,4-7,15H2,1-3H3,(H,31,36)/t20-,21+/m1/s1. The first-order valence-corrected chi connectivity index (χ1v) is 13.9. The minimum atomic E-state index is -0.0368. The van der Waals surface area contributed by atoms with Gasteiger partial charge in [-0.2, -0.15) is 0 Å². The van der Waals surface area contributed by atoms with E-state index in [1.165, 1.54) is 11.3 Å². The number of rotatable bonds is 6. The van der Waals surface area contributed by atoms with Gasteiger partial charge in [-0.3, -0.25) is 9.59 Å². The molecular formula is C29H30ClN3O3S. The second-order valence-electron chi connectivity index (χ2n) is 9.81. The van der Waals surface area contributed by atoms with Crippen LogP contribution in [0.5, 0.6) is 5.75 Å². The summed E-state index contributed by atoms with van der Waals surface area (Å²) in [5.41, 5.74) is 3.45. The lowest BCUT2D eigenvalue weighted by atomic mass is 9.90. The van der Waals surface area contributed by atoms with E-state index in [-0.39, 0.29) is 29.5 Å². The van der Waals surface area contributed by atoms with Crippen molar-refractivity contribution in [3.63, 3.8) is 0 Å². The van der Waals surface area contributed by atoms with Crippen LogP contribution >= 0.6 is 22.9 Å². The molecule has 0 aliphatic heterocycles. The first-order chi connectivity index (χ1) is 17.7. The maximum absolute atomic E-state index is 12.9. The van der Waals surface area contributed by atoms with Crippen LogP contribution in [0.3, 0.4) is 0 Å². The lowest BCUT2D eigenvalue weighted by molar-refractivity contribution is 0.0924. The molecule has 1 saturated carbocycles. The normalized spacial score (nSPS) is 17.7. The monoisotopic (exact) mass is 535 g/mol. The average molecular weight is 536 g/mol. The van der Waals surface area contributed by atoms with Crippen molar-refractivity contribution in [2.75, 3.05) is 0 Å². The van der Waals surface area contributed by atoms with E-state index >= 15 is 0 Å². The number of aromatic nitrogens is 2. The number of carbonyl (C=O) groups is 2. The SMILES string of the molecule is CCC(=O)c1ccc2c(c1)nc(-c1cc(Cl)cc(C)c1O)n2[C@H]1CCC[C@@H](NC(=O)c2ccc(C)s2)C1. The van der Waals surface area contributed by atoms with E-state index in [2.05, 4.69) is 9.88 Å². The number of fused-ring (bicyclic) bond motifs is 1. The number of aromatic hydroxyl groups is 1. The van der Waals surface area contributed by atoms with E-state index in [0.29, 0.717) is 39.5 Å². The van der Waals surface area contributed by atoms with Gasteiger partial charge in [0.25, 0.3) is 5.91 Å². The summed E-state index contributed by atoms with van der Waals surface area (Å²) in [6.45, 7) is 5.65. The summed E-state index contributed by atoms with van der Waals surface area (Å²) in [4.78, 5) is 32.0. The molecule has 0 radical (unpaired) electrons. The van der Waals surface area contributed by atoms with Gasteiger partial charge in [-0.15, -0.1) is 11.3 Å². The summed E-state index contributed by atoms with van der Waals surface area (Å²) < 4.78 is 2.16. The fourth-order valence-electron chi connectivity index (χ4n) is 5.28. The lowest BCUT2D eigenvalue weighted by Gasteiger charge is -2.32. The van der Waals surface area contributed by atoms with Crippen molar-refractivity contribution in [3.8, 4) is 17.1 Å². The fourth-order valence-corrected chi connectivity index (χ4v) is 6.33. The molecule has 0 bridgehead atoms. The molecule has 6 nitrogen and oxygen atoms in total. The Morgan fingerprint density at radius 3 is 2.70 bits per heavy atom. The number of nitrogens with one attached hydrogen (secondary N) is 1. The number of hydrogen-bond acceptors (Lipinski definition) is 5. The van der Waals surface area contributed by atoms with Crippen molar-refractivity contribution < 1.29 is 14.7 Å². The summed E-state index contributed by atoms with van der Waals surface area (Å²) in [6, 6.07) is 13.0. The summed E-state index contributed by atoms with van der Waals surface area (Å²) >= 11 is 7.89. The molecule has 1 amide bonds. The number of halogens is 1. The van der Waals surface area contributed by atoms with E-state index < -0.39 is 0 Å². The molecule has 0 spiro atoms. The molecule has 1 aliphatic carbocycles. The maximum Gasteiger partial charge on any atom is 0.261 e. The van der Waals surface area contributed by atoms with Gasteiger partial charge in [0, 0.05) is 34.0 Å². The second-order valence-corrected chi connectivity index (χ2v) is 11.5. The van der Waals surface area contributed by atoms with E-state index in [9.17, 15) is 14.7 Å². The quantitative estimate of drug-likeness (QED) is 0.255. The van der Waals surface area contributed by atoms with Crippen LogP contribution in [-0.2, 0) is 0 Å². The Balaban J connectivity index is 1.56. The Bertz CT molecular complexity index is 1510. The van der Waals surface area contributed by atoms with E-state index in [0.717, 1.165) is 41.0 Å². The van der Waals surface area contributed by atoms with Crippen molar-refractivity contribution in [3.05, 3.63) is 68.4 Å². The molecule has 2 aromatic heterocycles. The lowest BCUT2D eigenvalue weighted by Crippen LogP contribution is -2.38. The van der Waals surface area contributed by atoms with Crippen LogP contribution in [0.25, 0.3) is 22.4 Å². The molecule has 2 N–H and O–H groups in total. The minimum absolute atomic E-state index is 0.0228. The minimum Gasteiger partial charge on any atom is -0.507 e. The Morgan fingerprint density at radius 1 is 1.16 bits per heavy atom. The van der Waals surface area contributed by atoms with Gasteiger partial charge in [-0.1, -0.05) is 18.5 Å². The highest BCUT2D eigenvalue weighted by atomic mass is 35.5. The third-order valence-electron chi connectivity index (χ3n) is 7.15. The second kappa shape index (κ2) is 10.3. The van der Waals surface area contributed by atoms with Gasteiger partial charge in [0.15, 0.2) is 5.78 Å². The van der Waals surface area contributed by atoms with Crippen LogP contribution in [0, 0.1) is 13.8 Å². The number of amides is 1. The van der Waals surface area contributed by atoms with Crippen LogP contribution in [-0.4, -0.2) is 32.4 Å². The zero-order chi connectivity index (χ0) is 26.3. The number of benzene rings is 2. The molecule has 1 aliphatic rings. The third-order valence-corrected chi connectivity index (χ3v) is 8.37. The molecule has 1 fully saturated rings. The predicted octanol–water partition coefficient (Wildman–Crippen LogP) is 7.25. The Kier molecular flexibility index (Phi) is 7.10. The molecular weight excluding hydrogens is 506 g/mol. The predicted molar refractivity (Wildman–Crippen MR) is 149 cm³/mol. The number of phenols is 1. The van der Waals surface area contributed by atoms with Crippen molar-refractivity contribution in [2.45, 2.75) is 65.0 Å². The van der Waals surface area contributed by atoms with Crippen LogP contribution in [0.2, 0.25) is 5.02 Å². The Labute approximate surface area is 225 Å². The smallest absolute Gasteiger partial charge is 0.261 e. The number of carbonyl (C=O) groups excluding carboxylic acids is 2. The number of hydrogen-bond donors (Lipinski definition) is 2. The third kappa shape index (κ3) is 5.03. The zero-order valence-corrected chi connectivity index (χ0v) is 22.7. The number of aryl methyl sites for hydroxylation is 2. The zero-order valence-electron chi connectivity index (χ0n) is 21.2. The highest BCUT2D eigenvalue weighted by molar-refractivity contribution is 7.13. The number of phenolic OH excluding ortho intramolecular Hbond substituents is 1. The number of Topliss-reactive ketones (excluding diaryl/α,β-unsaturated/α-hetero) is 1. The molecule has 0 saturated heterocycles. The van der Waals surface area contributed by atoms with Gasteiger partial charge in [0.05, 0.1) is 21.5 Å². The summed E-state index contributed by atoms with van der Waals surface area (Å²) in [6.07, 6.45) is 3.93.